The summed E-state index contributed by atoms with van der Waals surface area (Å²) >= 11 is 7.46. The first kappa shape index (κ1) is 28.5. The number of thioether (sulfide) groups is 1. The normalized spacial score (nSPS) is 10.9. The van der Waals surface area contributed by atoms with Crippen molar-refractivity contribution in [1.29, 1.82) is 0 Å². The second-order valence-corrected chi connectivity index (χ2v) is 9.93. The minimum absolute atomic E-state index is 0.0579. The summed E-state index contributed by atoms with van der Waals surface area (Å²) < 4.78 is 5.26. The van der Waals surface area contributed by atoms with E-state index in [2.05, 4.69) is 16.0 Å². The maximum Gasteiger partial charge on any atom is 0.272 e. The fourth-order valence-electron chi connectivity index (χ4n) is 3.62. The number of nitrogens with one attached hydrogen (secondary N) is 3. The Bertz CT molecular complexity index is 1530. The molecule has 0 aliphatic rings. The molecule has 7 nitrogen and oxygen atoms in total. The first-order chi connectivity index (χ1) is 19.4. The highest BCUT2D eigenvalue weighted by Crippen LogP contribution is 2.25. The minimum Gasteiger partial charge on any atom is -0.495 e. The van der Waals surface area contributed by atoms with Gasteiger partial charge in [0.05, 0.1) is 18.6 Å². The molecule has 0 radical (unpaired) electrons. The topological polar surface area (TPSA) is 96.5 Å². The molecule has 40 heavy (non-hydrogen) atoms. The summed E-state index contributed by atoms with van der Waals surface area (Å²) in [5.74, 6) is -0.300. The predicted octanol–water partition coefficient (Wildman–Crippen LogP) is 6.49. The number of amides is 3. The van der Waals surface area contributed by atoms with Crippen molar-refractivity contribution >= 4 is 58.5 Å². The molecule has 0 aliphatic heterocycles. The van der Waals surface area contributed by atoms with Gasteiger partial charge in [-0.1, -0.05) is 54.1 Å². The highest BCUT2D eigenvalue weighted by molar-refractivity contribution is 8.00. The molecule has 0 aromatic heterocycles. The molecule has 0 fully saturated rings. The van der Waals surface area contributed by atoms with Crippen LogP contribution < -0.4 is 20.7 Å². The van der Waals surface area contributed by atoms with Crippen LogP contribution in [-0.2, 0) is 9.59 Å². The van der Waals surface area contributed by atoms with Gasteiger partial charge in [-0.3, -0.25) is 14.4 Å². The van der Waals surface area contributed by atoms with Crippen LogP contribution in [0.1, 0.15) is 15.9 Å². The molecule has 0 heterocycles. The van der Waals surface area contributed by atoms with Gasteiger partial charge in [-0.05, 0) is 72.3 Å². The number of carbonyl (C=O) groups is 3. The molecule has 202 valence electrons. The number of methoxy groups -OCH3 is 1. The third-order valence-electron chi connectivity index (χ3n) is 5.55. The van der Waals surface area contributed by atoms with Gasteiger partial charge in [0.2, 0.25) is 5.91 Å². The summed E-state index contributed by atoms with van der Waals surface area (Å²) in [6.45, 7) is 0. The molecule has 4 rings (SSSR count). The number of rotatable bonds is 10. The van der Waals surface area contributed by atoms with Crippen LogP contribution in [0.5, 0.6) is 5.75 Å². The van der Waals surface area contributed by atoms with Crippen molar-refractivity contribution in [2.45, 2.75) is 4.90 Å². The average molecular weight is 572 g/mol. The van der Waals surface area contributed by atoms with Crippen molar-refractivity contribution in [2.24, 2.45) is 0 Å². The van der Waals surface area contributed by atoms with E-state index in [1.165, 1.54) is 11.8 Å². The Labute approximate surface area is 241 Å². The maximum atomic E-state index is 13.2. The molecule has 0 atom stereocenters. The molecule has 3 amide bonds. The predicted molar refractivity (Wildman–Crippen MR) is 161 cm³/mol. The van der Waals surface area contributed by atoms with Gasteiger partial charge >= 0.3 is 0 Å². The van der Waals surface area contributed by atoms with E-state index in [0.717, 1.165) is 4.90 Å². The Balaban J connectivity index is 1.40. The van der Waals surface area contributed by atoms with Crippen LogP contribution >= 0.6 is 23.4 Å². The van der Waals surface area contributed by atoms with Crippen molar-refractivity contribution in [1.82, 2.24) is 5.32 Å². The smallest absolute Gasteiger partial charge is 0.272 e. The monoisotopic (exact) mass is 571 g/mol. The number of halogens is 1. The quantitative estimate of drug-likeness (QED) is 0.149. The molecule has 0 spiro atoms. The third kappa shape index (κ3) is 8.23. The Hall–Kier alpha value is -4.53. The van der Waals surface area contributed by atoms with Crippen molar-refractivity contribution in [3.63, 3.8) is 0 Å². The van der Waals surface area contributed by atoms with Crippen LogP contribution in [0.25, 0.3) is 6.08 Å². The number of hydrogen-bond donors (Lipinski definition) is 3. The molecule has 0 bridgehead atoms. The van der Waals surface area contributed by atoms with Crippen molar-refractivity contribution < 1.29 is 19.1 Å². The summed E-state index contributed by atoms with van der Waals surface area (Å²) in [5, 5.41) is 8.87. The van der Waals surface area contributed by atoms with Gasteiger partial charge in [0.25, 0.3) is 11.8 Å². The Morgan fingerprint density at radius 3 is 2.30 bits per heavy atom. The number of anilines is 2. The van der Waals surface area contributed by atoms with Gasteiger partial charge in [0.15, 0.2) is 0 Å². The van der Waals surface area contributed by atoms with Crippen LogP contribution in [-0.4, -0.2) is 30.6 Å². The van der Waals surface area contributed by atoms with Gasteiger partial charge in [-0.25, -0.2) is 0 Å². The fourth-order valence-corrected chi connectivity index (χ4v) is 4.52. The fraction of sp³-hybridized carbons (Fsp3) is 0.0645. The van der Waals surface area contributed by atoms with E-state index in [4.69, 9.17) is 16.3 Å². The third-order valence-corrected chi connectivity index (χ3v) is 6.80. The molecule has 0 saturated heterocycles. The zero-order valence-electron chi connectivity index (χ0n) is 21.5. The first-order valence-corrected chi connectivity index (χ1v) is 13.6. The van der Waals surface area contributed by atoms with E-state index in [0.29, 0.717) is 33.3 Å². The SMILES string of the molecule is COc1ccccc1NC(=O)CSc1ccc(NC(=O)/C(=C/c2cccc(Cl)c2)NC(=O)c2ccccc2)cc1. The highest BCUT2D eigenvalue weighted by Gasteiger charge is 2.15. The molecule has 9 heteroatoms. The second-order valence-electron chi connectivity index (χ2n) is 8.45. The summed E-state index contributed by atoms with van der Waals surface area (Å²) in [4.78, 5) is 39.2. The van der Waals surface area contributed by atoms with E-state index < -0.39 is 11.8 Å². The molecule has 4 aromatic rings. The Kier molecular flexibility index (Phi) is 9.99. The largest absolute Gasteiger partial charge is 0.495 e. The van der Waals surface area contributed by atoms with Crippen LogP contribution in [0.3, 0.4) is 0 Å². The van der Waals surface area contributed by atoms with E-state index >= 15 is 0 Å². The van der Waals surface area contributed by atoms with E-state index in [1.807, 2.05) is 12.1 Å². The second kappa shape index (κ2) is 14.0. The Morgan fingerprint density at radius 1 is 0.850 bits per heavy atom. The number of ether oxygens (including phenoxy) is 1. The van der Waals surface area contributed by atoms with Gasteiger partial charge in [0.1, 0.15) is 11.4 Å². The van der Waals surface area contributed by atoms with Crippen LogP contribution in [0.15, 0.2) is 114 Å². The van der Waals surface area contributed by atoms with Gasteiger partial charge in [-0.2, -0.15) is 0 Å². The van der Waals surface area contributed by atoms with Crippen molar-refractivity contribution in [3.05, 3.63) is 125 Å². The lowest BCUT2D eigenvalue weighted by atomic mass is 10.1. The van der Waals surface area contributed by atoms with Crippen molar-refractivity contribution in [3.8, 4) is 5.75 Å². The van der Waals surface area contributed by atoms with Crippen molar-refractivity contribution in [2.75, 3.05) is 23.5 Å². The van der Waals surface area contributed by atoms with E-state index in [1.54, 1.807) is 104 Å². The summed E-state index contributed by atoms with van der Waals surface area (Å²) in [7, 11) is 1.55. The molecular weight excluding hydrogens is 546 g/mol. The lowest BCUT2D eigenvalue weighted by Crippen LogP contribution is -2.30. The van der Waals surface area contributed by atoms with Crippen LogP contribution in [0.4, 0.5) is 11.4 Å². The lowest BCUT2D eigenvalue weighted by molar-refractivity contribution is -0.114. The van der Waals surface area contributed by atoms with Gasteiger partial charge < -0.3 is 20.7 Å². The molecule has 0 saturated carbocycles. The molecule has 3 N–H and O–H groups in total. The Morgan fingerprint density at radius 2 is 1.57 bits per heavy atom. The van der Waals surface area contributed by atoms with Gasteiger partial charge in [0, 0.05) is 21.2 Å². The average Bonchev–Trinajstić information content (AvgIpc) is 2.97. The summed E-state index contributed by atoms with van der Waals surface area (Å²) in [6, 6.07) is 29.9. The van der Waals surface area contributed by atoms with Crippen LogP contribution in [0, 0.1) is 0 Å². The molecule has 4 aromatic carbocycles. The minimum atomic E-state index is -0.499. The van der Waals surface area contributed by atoms with Crippen LogP contribution in [0.2, 0.25) is 5.02 Å². The summed E-state index contributed by atoms with van der Waals surface area (Å²) in [5.41, 5.74) is 2.27. The number of carbonyl (C=O) groups excluding carboxylic acids is 3. The first-order valence-electron chi connectivity index (χ1n) is 12.2. The number of benzene rings is 4. The summed E-state index contributed by atoms with van der Waals surface area (Å²) in [6.07, 6.45) is 1.56. The van der Waals surface area contributed by atoms with E-state index in [9.17, 15) is 14.4 Å². The van der Waals surface area contributed by atoms with E-state index in [-0.39, 0.29) is 17.4 Å². The highest BCUT2D eigenvalue weighted by atomic mass is 35.5. The number of hydrogen-bond acceptors (Lipinski definition) is 5. The molecule has 0 aliphatic carbocycles. The zero-order chi connectivity index (χ0) is 28.3. The molecular formula is C31H26ClN3O4S. The zero-order valence-corrected chi connectivity index (χ0v) is 23.1. The lowest BCUT2D eigenvalue weighted by Gasteiger charge is -2.12. The van der Waals surface area contributed by atoms with Gasteiger partial charge in [-0.15, -0.1) is 11.8 Å². The number of para-hydroxylation sites is 2. The molecule has 0 unspecified atom stereocenters. The standard InChI is InChI=1S/C31H26ClN3O4S/c1-39-28-13-6-5-12-26(28)34-29(36)20-40-25-16-14-24(15-17-25)33-31(38)27(19-21-8-7-11-23(32)18-21)35-30(37)22-9-3-2-4-10-22/h2-19H,20H2,1H3,(H,33,38)(H,34,36)(H,35,37)/b27-19-. The maximum absolute atomic E-state index is 13.2.